The van der Waals surface area contributed by atoms with E-state index in [2.05, 4.69) is 5.32 Å². The first-order chi connectivity index (χ1) is 12.5. The fourth-order valence-corrected chi connectivity index (χ4v) is 2.08. The van der Waals surface area contributed by atoms with Gasteiger partial charge in [-0.3, -0.25) is 14.9 Å². The molecule has 0 fully saturated rings. The van der Waals surface area contributed by atoms with Crippen molar-refractivity contribution in [3.05, 3.63) is 52.1 Å². The predicted molar refractivity (Wildman–Crippen MR) is 91.5 cm³/mol. The van der Waals surface area contributed by atoms with Crippen molar-refractivity contribution in [2.45, 2.75) is 0 Å². The molecule has 0 aliphatic carbocycles. The Kier molecular flexibility index (Phi) is 5.95. The van der Waals surface area contributed by atoms with Crippen molar-refractivity contribution in [3.8, 4) is 23.3 Å². The minimum absolute atomic E-state index is 0.154. The molecule has 134 valence electrons. The quantitative estimate of drug-likeness (QED) is 0.596. The summed E-state index contributed by atoms with van der Waals surface area (Å²) in [4.78, 5) is 22.3. The summed E-state index contributed by atoms with van der Waals surface area (Å²) in [6.07, 6.45) is 0. The third-order valence-corrected chi connectivity index (χ3v) is 3.32. The average molecular weight is 357 g/mol. The number of benzene rings is 2. The molecule has 0 heterocycles. The number of amides is 1. The van der Waals surface area contributed by atoms with Gasteiger partial charge in [0.15, 0.2) is 18.1 Å². The van der Waals surface area contributed by atoms with Gasteiger partial charge in [-0.15, -0.1) is 0 Å². The standard InChI is InChI=1S/C17H15N3O6/c1-24-15-8-12(20(22)23)4-5-13(15)19-17(21)10-26-14-6-3-11(9-18)7-16(14)25-2/h3-8H,10H2,1-2H3,(H,19,21). The molecule has 9 nitrogen and oxygen atoms in total. The van der Waals surface area contributed by atoms with Crippen molar-refractivity contribution in [2.24, 2.45) is 0 Å². The molecule has 0 bridgehead atoms. The Morgan fingerprint density at radius 1 is 1.15 bits per heavy atom. The number of rotatable bonds is 7. The normalized spacial score (nSPS) is 9.73. The van der Waals surface area contributed by atoms with Crippen LogP contribution in [0.4, 0.5) is 11.4 Å². The molecule has 0 saturated carbocycles. The van der Waals surface area contributed by atoms with Crippen molar-refractivity contribution in [1.82, 2.24) is 0 Å². The summed E-state index contributed by atoms with van der Waals surface area (Å²) in [5.41, 5.74) is 0.520. The number of hydrogen-bond donors (Lipinski definition) is 1. The van der Waals surface area contributed by atoms with Crippen molar-refractivity contribution in [3.63, 3.8) is 0 Å². The largest absolute Gasteiger partial charge is 0.494 e. The van der Waals surface area contributed by atoms with Crippen LogP contribution in [-0.2, 0) is 4.79 Å². The van der Waals surface area contributed by atoms with Gasteiger partial charge in [0.05, 0.1) is 42.5 Å². The summed E-state index contributed by atoms with van der Waals surface area (Å²) in [7, 11) is 2.76. The number of hydrogen-bond acceptors (Lipinski definition) is 7. The fourth-order valence-electron chi connectivity index (χ4n) is 2.08. The zero-order valence-corrected chi connectivity index (χ0v) is 14.0. The molecule has 0 spiro atoms. The summed E-state index contributed by atoms with van der Waals surface area (Å²) in [6, 6.07) is 10.4. The molecular formula is C17H15N3O6. The molecule has 0 aliphatic rings. The van der Waals surface area contributed by atoms with E-state index in [9.17, 15) is 14.9 Å². The van der Waals surface area contributed by atoms with Gasteiger partial charge in [-0.05, 0) is 18.2 Å². The van der Waals surface area contributed by atoms with Crippen molar-refractivity contribution >= 4 is 17.3 Å². The van der Waals surface area contributed by atoms with E-state index in [1.54, 1.807) is 0 Å². The van der Waals surface area contributed by atoms with Gasteiger partial charge < -0.3 is 19.5 Å². The van der Waals surface area contributed by atoms with Crippen molar-refractivity contribution in [1.29, 1.82) is 5.26 Å². The summed E-state index contributed by atoms with van der Waals surface area (Å²) < 4.78 is 15.6. The second-order valence-corrected chi connectivity index (χ2v) is 4.96. The second-order valence-electron chi connectivity index (χ2n) is 4.96. The lowest BCUT2D eigenvalue weighted by molar-refractivity contribution is -0.384. The van der Waals surface area contributed by atoms with E-state index in [-0.39, 0.29) is 23.7 Å². The van der Waals surface area contributed by atoms with E-state index in [4.69, 9.17) is 19.5 Å². The topological polar surface area (TPSA) is 124 Å². The van der Waals surface area contributed by atoms with Gasteiger partial charge >= 0.3 is 0 Å². The maximum atomic E-state index is 12.1. The van der Waals surface area contributed by atoms with Crippen LogP contribution in [0.2, 0.25) is 0 Å². The lowest BCUT2D eigenvalue weighted by Gasteiger charge is -2.12. The number of nitriles is 1. The lowest BCUT2D eigenvalue weighted by atomic mass is 10.2. The maximum Gasteiger partial charge on any atom is 0.273 e. The minimum atomic E-state index is -0.561. The molecule has 2 rings (SSSR count). The predicted octanol–water partition coefficient (Wildman–Crippen LogP) is 2.50. The van der Waals surface area contributed by atoms with E-state index in [1.165, 1.54) is 50.6 Å². The number of nitrogens with zero attached hydrogens (tertiary/aromatic N) is 2. The number of non-ortho nitro benzene ring substituents is 1. The van der Waals surface area contributed by atoms with Gasteiger partial charge in [0.2, 0.25) is 0 Å². The highest BCUT2D eigenvalue weighted by atomic mass is 16.6. The monoisotopic (exact) mass is 357 g/mol. The highest BCUT2D eigenvalue weighted by molar-refractivity contribution is 5.93. The smallest absolute Gasteiger partial charge is 0.273 e. The number of ether oxygens (including phenoxy) is 3. The Hall–Kier alpha value is -3.80. The highest BCUT2D eigenvalue weighted by Crippen LogP contribution is 2.30. The highest BCUT2D eigenvalue weighted by Gasteiger charge is 2.14. The van der Waals surface area contributed by atoms with Gasteiger partial charge in [0, 0.05) is 12.1 Å². The van der Waals surface area contributed by atoms with E-state index < -0.39 is 10.8 Å². The molecular weight excluding hydrogens is 342 g/mol. The summed E-state index contributed by atoms with van der Waals surface area (Å²) in [5.74, 6) is 0.286. The maximum absolute atomic E-state index is 12.1. The molecule has 26 heavy (non-hydrogen) atoms. The van der Waals surface area contributed by atoms with Crippen LogP contribution in [0.1, 0.15) is 5.56 Å². The zero-order valence-electron chi connectivity index (χ0n) is 14.0. The molecule has 0 aliphatic heterocycles. The number of carbonyl (C=O) groups is 1. The van der Waals surface area contributed by atoms with Gasteiger partial charge in [0.25, 0.3) is 11.6 Å². The van der Waals surface area contributed by atoms with E-state index in [1.807, 2.05) is 6.07 Å². The molecule has 0 aromatic heterocycles. The summed E-state index contributed by atoms with van der Waals surface area (Å²) in [5, 5.41) is 22.2. The van der Waals surface area contributed by atoms with Gasteiger partial charge in [-0.1, -0.05) is 0 Å². The Labute approximate surface area is 148 Å². The number of nitro benzene ring substituents is 1. The minimum Gasteiger partial charge on any atom is -0.494 e. The Bertz CT molecular complexity index is 875. The first-order valence-corrected chi connectivity index (χ1v) is 7.31. The number of methoxy groups -OCH3 is 2. The molecule has 1 N–H and O–H groups in total. The Morgan fingerprint density at radius 2 is 1.88 bits per heavy atom. The summed E-state index contributed by atoms with van der Waals surface area (Å²) >= 11 is 0. The number of nitrogens with one attached hydrogen (secondary N) is 1. The molecule has 9 heteroatoms. The van der Waals surface area contributed by atoms with Crippen LogP contribution in [0.3, 0.4) is 0 Å². The van der Waals surface area contributed by atoms with E-state index in [0.717, 1.165) is 0 Å². The average Bonchev–Trinajstić information content (AvgIpc) is 2.66. The third-order valence-electron chi connectivity index (χ3n) is 3.32. The van der Waals surface area contributed by atoms with Gasteiger partial charge in [-0.2, -0.15) is 5.26 Å². The number of nitro groups is 1. The zero-order chi connectivity index (χ0) is 19.1. The first kappa shape index (κ1) is 18.5. The lowest BCUT2D eigenvalue weighted by Crippen LogP contribution is -2.20. The van der Waals surface area contributed by atoms with Gasteiger partial charge in [0.1, 0.15) is 5.75 Å². The molecule has 0 saturated heterocycles. The van der Waals surface area contributed by atoms with Crippen LogP contribution in [0.25, 0.3) is 0 Å². The van der Waals surface area contributed by atoms with Crippen molar-refractivity contribution < 1.29 is 23.9 Å². The number of anilines is 1. The second kappa shape index (κ2) is 8.34. The molecule has 0 radical (unpaired) electrons. The van der Waals surface area contributed by atoms with Gasteiger partial charge in [-0.25, -0.2) is 0 Å². The van der Waals surface area contributed by atoms with Crippen LogP contribution < -0.4 is 19.5 Å². The van der Waals surface area contributed by atoms with E-state index >= 15 is 0 Å². The Balaban J connectivity index is 2.06. The van der Waals surface area contributed by atoms with Crippen LogP contribution in [0, 0.1) is 21.4 Å². The summed E-state index contributed by atoms with van der Waals surface area (Å²) in [6.45, 7) is -0.331. The molecule has 1 amide bonds. The van der Waals surface area contributed by atoms with Crippen molar-refractivity contribution in [2.75, 3.05) is 26.1 Å². The molecule has 2 aromatic rings. The fraction of sp³-hybridized carbons (Fsp3) is 0.176. The van der Waals surface area contributed by atoms with Crippen LogP contribution >= 0.6 is 0 Å². The Morgan fingerprint density at radius 3 is 2.50 bits per heavy atom. The molecule has 2 aromatic carbocycles. The molecule has 0 atom stereocenters. The number of carbonyl (C=O) groups excluding carboxylic acids is 1. The first-order valence-electron chi connectivity index (χ1n) is 7.31. The van der Waals surface area contributed by atoms with Crippen LogP contribution in [-0.4, -0.2) is 31.7 Å². The van der Waals surface area contributed by atoms with Crippen LogP contribution in [0.15, 0.2) is 36.4 Å². The van der Waals surface area contributed by atoms with Crippen LogP contribution in [0.5, 0.6) is 17.2 Å². The van der Waals surface area contributed by atoms with E-state index in [0.29, 0.717) is 17.1 Å². The molecule has 0 unspecified atom stereocenters. The SMILES string of the molecule is COc1cc([N+](=O)[O-])ccc1NC(=O)COc1ccc(C#N)cc1OC. The third kappa shape index (κ3) is 4.39.